The van der Waals surface area contributed by atoms with Crippen LogP contribution >= 0.6 is 0 Å². The summed E-state index contributed by atoms with van der Waals surface area (Å²) in [6, 6.07) is 0.489. The van der Waals surface area contributed by atoms with Crippen molar-refractivity contribution >= 4 is 11.8 Å². The summed E-state index contributed by atoms with van der Waals surface area (Å²) in [5.41, 5.74) is 0.0547. The molecule has 2 aliphatic heterocycles. The number of likely N-dealkylation sites (tertiary alicyclic amines) is 1. The second kappa shape index (κ2) is 11.5. The lowest BCUT2D eigenvalue weighted by Crippen LogP contribution is -2.60. The molecule has 0 aromatic heterocycles. The van der Waals surface area contributed by atoms with Gasteiger partial charge in [-0.2, -0.15) is 0 Å². The molecule has 0 aromatic carbocycles. The summed E-state index contributed by atoms with van der Waals surface area (Å²) in [4.78, 5) is 26.8. The molecule has 2 amide bonds. The van der Waals surface area contributed by atoms with Gasteiger partial charge in [-0.05, 0) is 45.4 Å². The molecule has 4 atom stereocenters. The average Bonchev–Trinajstić information content (AvgIpc) is 2.98. The van der Waals surface area contributed by atoms with Crippen molar-refractivity contribution in [1.29, 1.82) is 0 Å². The standard InChI is InChI=1S/C25H46N2O2/c1-6-7-8-9-10-11-12-13-14-15-22(27-23(28)16-17-24(27)29)21-18-25(4,5)26-20(3)19(21)2/h19-22,26H,6-18H2,1-5H3. The van der Waals surface area contributed by atoms with Gasteiger partial charge in [-0.15, -0.1) is 0 Å². The molecule has 0 spiro atoms. The zero-order chi connectivity index (χ0) is 21.4. The molecular weight excluding hydrogens is 360 g/mol. The number of amides is 2. The Hall–Kier alpha value is -0.900. The Bertz CT molecular complexity index is 515. The van der Waals surface area contributed by atoms with Gasteiger partial charge in [0.25, 0.3) is 0 Å². The first kappa shape index (κ1) is 24.4. The molecule has 0 aliphatic carbocycles. The number of carbonyl (C=O) groups excluding carboxylic acids is 2. The fourth-order valence-electron chi connectivity index (χ4n) is 5.60. The Morgan fingerprint density at radius 1 is 0.931 bits per heavy atom. The van der Waals surface area contributed by atoms with Gasteiger partial charge in [0, 0.05) is 30.5 Å². The first-order chi connectivity index (χ1) is 13.8. The smallest absolute Gasteiger partial charge is 0.229 e. The van der Waals surface area contributed by atoms with Gasteiger partial charge < -0.3 is 5.32 Å². The van der Waals surface area contributed by atoms with E-state index >= 15 is 0 Å². The predicted octanol–water partition coefficient (Wildman–Crippen LogP) is 5.84. The third kappa shape index (κ3) is 7.08. The van der Waals surface area contributed by atoms with Gasteiger partial charge in [0.15, 0.2) is 0 Å². The highest BCUT2D eigenvalue weighted by atomic mass is 16.2. The largest absolute Gasteiger partial charge is 0.309 e. The third-order valence-electron chi connectivity index (χ3n) is 7.35. The van der Waals surface area contributed by atoms with Crippen molar-refractivity contribution in [2.24, 2.45) is 11.8 Å². The van der Waals surface area contributed by atoms with E-state index in [-0.39, 0.29) is 23.4 Å². The number of unbranched alkanes of at least 4 members (excludes halogenated alkanes) is 8. The summed E-state index contributed by atoms with van der Waals surface area (Å²) >= 11 is 0. The van der Waals surface area contributed by atoms with Gasteiger partial charge in [-0.3, -0.25) is 14.5 Å². The highest BCUT2D eigenvalue weighted by molar-refractivity contribution is 6.02. The number of imide groups is 1. The number of rotatable bonds is 12. The van der Waals surface area contributed by atoms with Gasteiger partial charge in [-0.1, -0.05) is 71.6 Å². The molecule has 4 heteroatoms. The van der Waals surface area contributed by atoms with Crippen LogP contribution in [0.1, 0.15) is 118 Å². The lowest BCUT2D eigenvalue weighted by atomic mass is 9.70. The lowest BCUT2D eigenvalue weighted by Gasteiger charge is -2.49. The van der Waals surface area contributed by atoms with Crippen LogP contribution in [-0.2, 0) is 9.59 Å². The van der Waals surface area contributed by atoms with Gasteiger partial charge in [-0.25, -0.2) is 0 Å². The van der Waals surface area contributed by atoms with Crippen LogP contribution in [0, 0.1) is 11.8 Å². The van der Waals surface area contributed by atoms with Gasteiger partial charge in [0.05, 0.1) is 0 Å². The van der Waals surface area contributed by atoms with Crippen molar-refractivity contribution in [3.05, 3.63) is 0 Å². The first-order valence-electron chi connectivity index (χ1n) is 12.4. The normalized spacial score (nSPS) is 28.2. The Kier molecular flexibility index (Phi) is 9.65. The fourth-order valence-corrected chi connectivity index (χ4v) is 5.60. The van der Waals surface area contributed by atoms with E-state index < -0.39 is 0 Å². The second-order valence-electron chi connectivity index (χ2n) is 10.4. The number of piperidine rings is 1. The average molecular weight is 407 g/mol. The molecule has 2 rings (SSSR count). The minimum absolute atomic E-state index is 0.0547. The highest BCUT2D eigenvalue weighted by Crippen LogP contribution is 2.39. The highest BCUT2D eigenvalue weighted by Gasteiger charge is 2.45. The first-order valence-corrected chi connectivity index (χ1v) is 12.4. The van der Waals surface area contributed by atoms with Crippen molar-refractivity contribution in [3.8, 4) is 0 Å². The minimum atomic E-state index is 0.0547. The van der Waals surface area contributed by atoms with E-state index in [0.717, 1.165) is 19.3 Å². The SMILES string of the molecule is CCCCCCCCCCCC(C1CC(C)(C)NC(C)C1C)N1C(=O)CCC1=O. The van der Waals surface area contributed by atoms with Crippen molar-refractivity contribution in [3.63, 3.8) is 0 Å². The number of carbonyl (C=O) groups is 2. The molecule has 2 aliphatic rings. The van der Waals surface area contributed by atoms with E-state index in [1.54, 1.807) is 4.90 Å². The molecule has 2 fully saturated rings. The summed E-state index contributed by atoms with van der Waals surface area (Å²) in [7, 11) is 0. The van der Waals surface area contributed by atoms with E-state index in [1.807, 2.05) is 0 Å². The van der Waals surface area contributed by atoms with Gasteiger partial charge >= 0.3 is 0 Å². The molecule has 1 N–H and O–H groups in total. The van der Waals surface area contributed by atoms with Crippen LogP contribution in [0.3, 0.4) is 0 Å². The van der Waals surface area contributed by atoms with Crippen molar-refractivity contribution in [1.82, 2.24) is 10.2 Å². The van der Waals surface area contributed by atoms with Crippen molar-refractivity contribution < 1.29 is 9.59 Å². The maximum atomic E-state index is 12.6. The quantitative estimate of drug-likeness (QED) is 0.327. The maximum Gasteiger partial charge on any atom is 0.229 e. The van der Waals surface area contributed by atoms with E-state index in [9.17, 15) is 9.59 Å². The van der Waals surface area contributed by atoms with Crippen LogP contribution in [0.5, 0.6) is 0 Å². The van der Waals surface area contributed by atoms with Gasteiger partial charge in [0.1, 0.15) is 0 Å². The van der Waals surface area contributed by atoms with Crippen LogP contribution in [-0.4, -0.2) is 34.3 Å². The lowest BCUT2D eigenvalue weighted by molar-refractivity contribution is -0.144. The number of hydrogen-bond acceptors (Lipinski definition) is 3. The predicted molar refractivity (Wildman–Crippen MR) is 121 cm³/mol. The molecule has 0 aromatic rings. The molecule has 2 heterocycles. The molecule has 4 unspecified atom stereocenters. The third-order valence-corrected chi connectivity index (χ3v) is 7.35. The maximum absolute atomic E-state index is 12.6. The zero-order valence-electron chi connectivity index (χ0n) is 19.8. The van der Waals surface area contributed by atoms with Crippen molar-refractivity contribution in [2.75, 3.05) is 0 Å². The summed E-state index contributed by atoms with van der Waals surface area (Å²) in [6.45, 7) is 11.3. The van der Waals surface area contributed by atoms with Crippen LogP contribution < -0.4 is 5.32 Å². The molecule has 0 radical (unpaired) electrons. The Morgan fingerprint density at radius 2 is 1.45 bits per heavy atom. The van der Waals surface area contributed by atoms with Crippen LogP contribution in [0.2, 0.25) is 0 Å². The van der Waals surface area contributed by atoms with Crippen LogP contribution in [0.4, 0.5) is 0 Å². The number of nitrogens with one attached hydrogen (secondary N) is 1. The molecule has 168 valence electrons. The molecule has 0 bridgehead atoms. The summed E-state index contributed by atoms with van der Waals surface area (Å²) in [5, 5.41) is 3.72. The summed E-state index contributed by atoms with van der Waals surface area (Å²) in [6.07, 6.45) is 14.5. The summed E-state index contributed by atoms with van der Waals surface area (Å²) < 4.78 is 0. The molecule has 4 nitrogen and oxygen atoms in total. The Morgan fingerprint density at radius 3 is 2.00 bits per heavy atom. The molecule has 0 saturated carbocycles. The number of nitrogens with zero attached hydrogens (tertiary/aromatic N) is 1. The fraction of sp³-hybridized carbons (Fsp3) is 0.920. The van der Waals surface area contributed by atoms with Crippen LogP contribution in [0.25, 0.3) is 0 Å². The van der Waals surface area contributed by atoms with Crippen LogP contribution in [0.15, 0.2) is 0 Å². The topological polar surface area (TPSA) is 49.4 Å². The molecule has 29 heavy (non-hydrogen) atoms. The van der Waals surface area contributed by atoms with E-state index in [2.05, 4.69) is 39.9 Å². The van der Waals surface area contributed by atoms with Crippen molar-refractivity contribution in [2.45, 2.75) is 136 Å². The number of hydrogen-bond donors (Lipinski definition) is 1. The summed E-state index contributed by atoms with van der Waals surface area (Å²) in [5.74, 6) is 0.980. The van der Waals surface area contributed by atoms with Gasteiger partial charge in [0.2, 0.25) is 11.8 Å². The van der Waals surface area contributed by atoms with E-state index in [1.165, 1.54) is 51.4 Å². The zero-order valence-corrected chi connectivity index (χ0v) is 19.8. The second-order valence-corrected chi connectivity index (χ2v) is 10.4. The minimum Gasteiger partial charge on any atom is -0.309 e. The Labute approximate surface area is 179 Å². The Balaban J connectivity index is 1.92. The molecular formula is C25H46N2O2. The monoisotopic (exact) mass is 406 g/mol. The molecule has 2 saturated heterocycles. The van der Waals surface area contributed by atoms with E-state index in [4.69, 9.17) is 0 Å². The van der Waals surface area contributed by atoms with E-state index in [0.29, 0.717) is 30.7 Å².